The molecule has 0 spiro atoms. The van der Waals surface area contributed by atoms with Crippen molar-refractivity contribution in [3.8, 4) is 0 Å². The Labute approximate surface area is 103 Å². The molecule has 0 bridgehead atoms. The molecule has 2 N–H and O–H groups in total. The van der Waals surface area contributed by atoms with Gasteiger partial charge in [0.25, 0.3) is 0 Å². The van der Waals surface area contributed by atoms with Crippen LogP contribution >= 0.6 is 12.6 Å². The number of nitrogens with one attached hydrogen (secondary N) is 2. The fourth-order valence-corrected chi connectivity index (χ4v) is 1.47. The summed E-state index contributed by atoms with van der Waals surface area (Å²) in [6.07, 6.45) is 3.53. The minimum Gasteiger partial charge on any atom is -0.338 e. The Morgan fingerprint density at radius 3 is 2.50 bits per heavy atom. The van der Waals surface area contributed by atoms with Crippen LogP contribution in [0.5, 0.6) is 0 Å². The van der Waals surface area contributed by atoms with Gasteiger partial charge in [0.2, 0.25) is 0 Å². The highest BCUT2D eigenvalue weighted by Gasteiger charge is 2.12. The molecule has 0 saturated heterocycles. The first-order valence-electron chi connectivity index (χ1n) is 5.79. The van der Waals surface area contributed by atoms with Crippen LogP contribution in [0.15, 0.2) is 0 Å². The van der Waals surface area contributed by atoms with Crippen molar-refractivity contribution in [1.29, 1.82) is 0 Å². The maximum Gasteiger partial charge on any atom is 0.315 e. The standard InChI is InChI=1S/C11H22N2O2S/c1-3-10(14)9(2)13-11(15)12-7-5-4-6-8-16/h9,16H,3-8H2,1-2H3,(H2,12,13,15)/t9-/m1/s1. The predicted octanol–water partition coefficient (Wildman–Crippen LogP) is 1.75. The molecule has 0 fully saturated rings. The number of hydrogen-bond donors (Lipinski definition) is 3. The zero-order valence-electron chi connectivity index (χ0n) is 10.1. The summed E-state index contributed by atoms with van der Waals surface area (Å²) in [5, 5.41) is 5.33. The molecule has 4 nitrogen and oxygen atoms in total. The molecule has 1 atom stereocenters. The first-order valence-corrected chi connectivity index (χ1v) is 6.43. The lowest BCUT2D eigenvalue weighted by molar-refractivity contribution is -0.120. The topological polar surface area (TPSA) is 58.2 Å². The molecule has 0 heterocycles. The Kier molecular flexibility index (Phi) is 9.09. The molecule has 16 heavy (non-hydrogen) atoms. The minimum atomic E-state index is -0.401. The zero-order valence-corrected chi connectivity index (χ0v) is 11.0. The fraction of sp³-hybridized carbons (Fsp3) is 0.818. The monoisotopic (exact) mass is 246 g/mol. The molecule has 0 aliphatic carbocycles. The average Bonchev–Trinajstić information content (AvgIpc) is 2.27. The lowest BCUT2D eigenvalue weighted by Gasteiger charge is -2.12. The number of rotatable bonds is 8. The molecular formula is C11H22N2O2S. The Balaban J connectivity index is 3.54. The molecular weight excluding hydrogens is 224 g/mol. The van der Waals surface area contributed by atoms with Gasteiger partial charge in [-0.3, -0.25) is 4.79 Å². The van der Waals surface area contributed by atoms with Crippen LogP contribution in [0.4, 0.5) is 4.79 Å². The van der Waals surface area contributed by atoms with Gasteiger partial charge in [0.15, 0.2) is 5.78 Å². The summed E-state index contributed by atoms with van der Waals surface area (Å²) in [5.41, 5.74) is 0. The number of unbranched alkanes of at least 4 members (excludes halogenated alkanes) is 2. The number of urea groups is 1. The van der Waals surface area contributed by atoms with E-state index in [1.165, 1.54) is 0 Å². The summed E-state index contributed by atoms with van der Waals surface area (Å²) < 4.78 is 0. The number of Topliss-reactive ketones (excluding diaryl/α,β-unsaturated/α-hetero) is 1. The zero-order chi connectivity index (χ0) is 12.4. The van der Waals surface area contributed by atoms with E-state index < -0.39 is 6.04 Å². The average molecular weight is 246 g/mol. The Morgan fingerprint density at radius 1 is 1.25 bits per heavy atom. The van der Waals surface area contributed by atoms with Crippen LogP contribution in [0, 0.1) is 0 Å². The molecule has 0 radical (unpaired) electrons. The van der Waals surface area contributed by atoms with E-state index in [4.69, 9.17) is 0 Å². The van der Waals surface area contributed by atoms with Gasteiger partial charge in [-0.1, -0.05) is 13.3 Å². The second kappa shape index (κ2) is 9.51. The maximum absolute atomic E-state index is 11.3. The van der Waals surface area contributed by atoms with E-state index in [0.29, 0.717) is 13.0 Å². The van der Waals surface area contributed by atoms with Gasteiger partial charge in [-0.05, 0) is 25.5 Å². The van der Waals surface area contributed by atoms with Gasteiger partial charge >= 0.3 is 6.03 Å². The summed E-state index contributed by atoms with van der Waals surface area (Å²) in [5.74, 6) is 0.930. The summed E-state index contributed by atoms with van der Waals surface area (Å²) in [6.45, 7) is 4.13. The van der Waals surface area contributed by atoms with E-state index in [1.807, 2.05) is 0 Å². The Bertz CT molecular complexity index is 222. The van der Waals surface area contributed by atoms with Crippen molar-refractivity contribution in [2.45, 2.75) is 45.6 Å². The van der Waals surface area contributed by atoms with Crippen LogP contribution < -0.4 is 10.6 Å². The van der Waals surface area contributed by atoms with Gasteiger partial charge in [0.1, 0.15) is 0 Å². The van der Waals surface area contributed by atoms with Crippen LogP contribution in [0.3, 0.4) is 0 Å². The van der Waals surface area contributed by atoms with Crippen LogP contribution in [-0.2, 0) is 4.79 Å². The van der Waals surface area contributed by atoms with Crippen LogP contribution in [0.25, 0.3) is 0 Å². The minimum absolute atomic E-state index is 0.0465. The third kappa shape index (κ3) is 7.56. The van der Waals surface area contributed by atoms with Crippen molar-refractivity contribution in [1.82, 2.24) is 10.6 Å². The largest absolute Gasteiger partial charge is 0.338 e. The number of ketones is 1. The second-order valence-electron chi connectivity index (χ2n) is 3.73. The molecule has 0 aromatic rings. The number of carbonyl (C=O) groups is 2. The molecule has 0 rings (SSSR count). The molecule has 0 unspecified atom stereocenters. The van der Waals surface area contributed by atoms with E-state index in [9.17, 15) is 9.59 Å². The smallest absolute Gasteiger partial charge is 0.315 e. The summed E-state index contributed by atoms with van der Waals surface area (Å²) in [6, 6.07) is -0.664. The second-order valence-corrected chi connectivity index (χ2v) is 4.17. The third-order valence-corrected chi connectivity index (χ3v) is 2.62. The number of hydrogen-bond acceptors (Lipinski definition) is 3. The molecule has 2 amide bonds. The maximum atomic E-state index is 11.3. The molecule has 0 aromatic carbocycles. The van der Waals surface area contributed by atoms with Gasteiger partial charge in [0, 0.05) is 13.0 Å². The lowest BCUT2D eigenvalue weighted by atomic mass is 10.2. The van der Waals surface area contributed by atoms with Crippen molar-refractivity contribution < 1.29 is 9.59 Å². The SMILES string of the molecule is CCC(=O)[C@@H](C)NC(=O)NCCCCCS. The van der Waals surface area contributed by atoms with E-state index in [0.717, 1.165) is 25.0 Å². The molecule has 0 aliphatic rings. The van der Waals surface area contributed by atoms with E-state index in [-0.39, 0.29) is 11.8 Å². The van der Waals surface area contributed by atoms with Gasteiger partial charge in [-0.15, -0.1) is 0 Å². The first kappa shape index (κ1) is 15.3. The van der Waals surface area contributed by atoms with E-state index >= 15 is 0 Å². The van der Waals surface area contributed by atoms with Crippen molar-refractivity contribution in [3.63, 3.8) is 0 Å². The molecule has 0 saturated carbocycles. The predicted molar refractivity (Wildman–Crippen MR) is 69.0 cm³/mol. The third-order valence-electron chi connectivity index (χ3n) is 2.30. The summed E-state index contributed by atoms with van der Waals surface area (Å²) >= 11 is 4.10. The number of amides is 2. The molecule has 94 valence electrons. The highest BCUT2D eigenvalue weighted by atomic mass is 32.1. The lowest BCUT2D eigenvalue weighted by Crippen LogP contribution is -2.44. The highest BCUT2D eigenvalue weighted by Crippen LogP contribution is 1.95. The van der Waals surface area contributed by atoms with Crippen molar-refractivity contribution in [2.75, 3.05) is 12.3 Å². The van der Waals surface area contributed by atoms with Gasteiger partial charge in [-0.2, -0.15) is 12.6 Å². The van der Waals surface area contributed by atoms with Crippen molar-refractivity contribution in [3.05, 3.63) is 0 Å². The highest BCUT2D eigenvalue weighted by molar-refractivity contribution is 7.80. The van der Waals surface area contributed by atoms with Crippen molar-refractivity contribution >= 4 is 24.4 Å². The number of carbonyl (C=O) groups excluding carboxylic acids is 2. The van der Waals surface area contributed by atoms with Gasteiger partial charge < -0.3 is 10.6 Å². The van der Waals surface area contributed by atoms with Crippen molar-refractivity contribution in [2.24, 2.45) is 0 Å². The fourth-order valence-electron chi connectivity index (χ4n) is 1.25. The van der Waals surface area contributed by atoms with Crippen LogP contribution in [-0.4, -0.2) is 30.2 Å². The van der Waals surface area contributed by atoms with Gasteiger partial charge in [0.05, 0.1) is 6.04 Å². The Morgan fingerprint density at radius 2 is 1.94 bits per heavy atom. The summed E-state index contributed by atoms with van der Waals surface area (Å²) in [4.78, 5) is 22.5. The molecule has 0 aliphatic heterocycles. The van der Waals surface area contributed by atoms with Crippen LogP contribution in [0.2, 0.25) is 0 Å². The van der Waals surface area contributed by atoms with Gasteiger partial charge in [-0.25, -0.2) is 4.79 Å². The molecule has 5 heteroatoms. The summed E-state index contributed by atoms with van der Waals surface area (Å²) in [7, 11) is 0. The molecule has 0 aromatic heterocycles. The van der Waals surface area contributed by atoms with Crippen LogP contribution in [0.1, 0.15) is 39.5 Å². The van der Waals surface area contributed by atoms with E-state index in [1.54, 1.807) is 13.8 Å². The first-order chi connectivity index (χ1) is 7.61. The van der Waals surface area contributed by atoms with E-state index in [2.05, 4.69) is 23.3 Å². The Hall–Kier alpha value is -0.710. The normalized spacial score (nSPS) is 11.9. The quantitative estimate of drug-likeness (QED) is 0.451. The number of thiol groups is 1.